The fourth-order valence-electron chi connectivity index (χ4n) is 4.10. The highest BCUT2D eigenvalue weighted by Gasteiger charge is 2.40. The van der Waals surface area contributed by atoms with Crippen molar-refractivity contribution < 1.29 is 9.84 Å². The summed E-state index contributed by atoms with van der Waals surface area (Å²) >= 11 is 0. The highest BCUT2D eigenvalue weighted by atomic mass is 16.5. The largest absolute Gasteiger partial charge is 0.496 e. The molecule has 118 valence electrons. The van der Waals surface area contributed by atoms with Gasteiger partial charge in [-0.15, -0.1) is 0 Å². The first-order valence-corrected chi connectivity index (χ1v) is 8.11. The summed E-state index contributed by atoms with van der Waals surface area (Å²) in [4.78, 5) is 0. The van der Waals surface area contributed by atoms with Crippen LogP contribution in [0.2, 0.25) is 0 Å². The van der Waals surface area contributed by atoms with Crippen LogP contribution >= 0.6 is 0 Å². The highest BCUT2D eigenvalue weighted by molar-refractivity contribution is 5.45. The summed E-state index contributed by atoms with van der Waals surface area (Å²) in [5.41, 5.74) is 3.76. The average Bonchev–Trinajstić information content (AvgIpc) is 2.40. The molecular weight excluding hydrogens is 260 g/mol. The summed E-state index contributed by atoms with van der Waals surface area (Å²) < 4.78 is 5.42. The van der Waals surface area contributed by atoms with Crippen LogP contribution in [-0.4, -0.2) is 18.3 Å². The number of aliphatic hydroxyl groups is 1. The molecule has 1 fully saturated rings. The van der Waals surface area contributed by atoms with Crippen molar-refractivity contribution in [2.45, 2.75) is 65.4 Å². The molecule has 0 bridgehead atoms. The molecule has 3 unspecified atom stereocenters. The molecule has 0 saturated heterocycles. The van der Waals surface area contributed by atoms with E-state index in [1.165, 1.54) is 23.1 Å². The number of ether oxygens (including phenoxy) is 1. The molecule has 0 radical (unpaired) electrons. The Bertz CT molecular complexity index is 505. The Kier molecular flexibility index (Phi) is 4.67. The van der Waals surface area contributed by atoms with Gasteiger partial charge in [0.25, 0.3) is 0 Å². The summed E-state index contributed by atoms with van der Waals surface area (Å²) in [5, 5.41) is 10.6. The van der Waals surface area contributed by atoms with E-state index in [1.807, 2.05) is 0 Å². The number of aliphatic hydroxyl groups excluding tert-OH is 1. The van der Waals surface area contributed by atoms with Crippen molar-refractivity contribution in [3.05, 3.63) is 28.8 Å². The first-order chi connectivity index (χ1) is 9.77. The molecule has 1 aliphatic rings. The second-order valence-corrected chi connectivity index (χ2v) is 7.45. The normalized spacial score (nSPS) is 26.7. The molecule has 3 atom stereocenters. The van der Waals surface area contributed by atoms with Crippen LogP contribution in [0.5, 0.6) is 5.75 Å². The minimum atomic E-state index is -0.189. The molecule has 1 saturated carbocycles. The zero-order chi connectivity index (χ0) is 15.8. The Labute approximate surface area is 129 Å². The molecular formula is C19H30O2. The molecule has 1 aromatic carbocycles. The predicted octanol–water partition coefficient (Wildman–Crippen LogP) is 4.39. The van der Waals surface area contributed by atoms with Crippen molar-refractivity contribution in [1.29, 1.82) is 0 Å². The maximum Gasteiger partial charge on any atom is 0.122 e. The summed E-state index contributed by atoms with van der Waals surface area (Å²) in [6, 6.07) is 4.38. The van der Waals surface area contributed by atoms with Gasteiger partial charge >= 0.3 is 0 Å². The second kappa shape index (κ2) is 6.00. The number of benzene rings is 1. The molecule has 1 aromatic rings. The molecule has 0 aliphatic heterocycles. The van der Waals surface area contributed by atoms with Crippen LogP contribution in [0.4, 0.5) is 0 Å². The maximum absolute atomic E-state index is 10.6. The van der Waals surface area contributed by atoms with Gasteiger partial charge in [0.05, 0.1) is 13.2 Å². The van der Waals surface area contributed by atoms with Crippen LogP contribution in [0.1, 0.15) is 56.7 Å². The predicted molar refractivity (Wildman–Crippen MR) is 88.0 cm³/mol. The third-order valence-corrected chi connectivity index (χ3v) is 5.44. The van der Waals surface area contributed by atoms with Crippen molar-refractivity contribution in [1.82, 2.24) is 0 Å². The zero-order valence-corrected chi connectivity index (χ0v) is 14.4. The van der Waals surface area contributed by atoms with Gasteiger partial charge < -0.3 is 9.84 Å². The van der Waals surface area contributed by atoms with Gasteiger partial charge in [-0.25, -0.2) is 0 Å². The van der Waals surface area contributed by atoms with Gasteiger partial charge in [-0.1, -0.05) is 33.3 Å². The Hall–Kier alpha value is -1.02. The van der Waals surface area contributed by atoms with E-state index in [0.717, 1.165) is 18.6 Å². The van der Waals surface area contributed by atoms with E-state index in [9.17, 15) is 5.11 Å². The molecule has 0 aromatic heterocycles. The van der Waals surface area contributed by atoms with E-state index in [-0.39, 0.29) is 11.5 Å². The van der Waals surface area contributed by atoms with Gasteiger partial charge in [0.15, 0.2) is 0 Å². The maximum atomic E-state index is 10.6. The molecule has 21 heavy (non-hydrogen) atoms. The molecule has 0 heterocycles. The minimum Gasteiger partial charge on any atom is -0.496 e. The fourth-order valence-corrected chi connectivity index (χ4v) is 4.10. The standard InChI is InChI=1S/C19H30O2/c1-12-7-8-15(17(20)9-12)19(4,5)16-10-14(3)18(21-6)11-13(16)2/h10-12,15,17,20H,7-9H2,1-6H3. The van der Waals surface area contributed by atoms with Crippen LogP contribution in [-0.2, 0) is 5.41 Å². The van der Waals surface area contributed by atoms with Crippen LogP contribution in [0.15, 0.2) is 12.1 Å². The van der Waals surface area contributed by atoms with E-state index < -0.39 is 0 Å². The molecule has 2 rings (SSSR count). The summed E-state index contributed by atoms with van der Waals surface area (Å²) in [6.07, 6.45) is 3.08. The topological polar surface area (TPSA) is 29.5 Å². The van der Waals surface area contributed by atoms with Crippen LogP contribution < -0.4 is 4.74 Å². The lowest BCUT2D eigenvalue weighted by molar-refractivity contribution is 0.0142. The average molecular weight is 290 g/mol. The number of hydrogen-bond donors (Lipinski definition) is 1. The Balaban J connectivity index is 2.37. The molecule has 0 amide bonds. The number of aryl methyl sites for hydroxylation is 2. The van der Waals surface area contributed by atoms with E-state index >= 15 is 0 Å². The quantitative estimate of drug-likeness (QED) is 0.894. The fraction of sp³-hybridized carbons (Fsp3) is 0.684. The lowest BCUT2D eigenvalue weighted by atomic mass is 9.63. The summed E-state index contributed by atoms with van der Waals surface area (Å²) in [7, 11) is 1.72. The molecule has 2 nitrogen and oxygen atoms in total. The van der Waals surface area contributed by atoms with E-state index in [2.05, 4.69) is 46.8 Å². The van der Waals surface area contributed by atoms with Gasteiger partial charge in [0.1, 0.15) is 5.75 Å². The Morgan fingerprint density at radius 1 is 1.14 bits per heavy atom. The monoisotopic (exact) mass is 290 g/mol. The van der Waals surface area contributed by atoms with Crippen molar-refractivity contribution in [2.75, 3.05) is 7.11 Å². The third kappa shape index (κ3) is 3.11. The van der Waals surface area contributed by atoms with Crippen molar-refractivity contribution in [3.8, 4) is 5.75 Å². The molecule has 1 aliphatic carbocycles. The highest BCUT2D eigenvalue weighted by Crippen LogP contribution is 2.44. The van der Waals surface area contributed by atoms with Crippen LogP contribution in [0, 0.1) is 25.7 Å². The first-order valence-electron chi connectivity index (χ1n) is 8.11. The first kappa shape index (κ1) is 16.4. The van der Waals surface area contributed by atoms with Crippen LogP contribution in [0.25, 0.3) is 0 Å². The smallest absolute Gasteiger partial charge is 0.122 e. The van der Waals surface area contributed by atoms with Crippen molar-refractivity contribution >= 4 is 0 Å². The Morgan fingerprint density at radius 2 is 1.81 bits per heavy atom. The second-order valence-electron chi connectivity index (χ2n) is 7.45. The van der Waals surface area contributed by atoms with Crippen molar-refractivity contribution in [2.24, 2.45) is 11.8 Å². The van der Waals surface area contributed by atoms with Crippen LogP contribution in [0.3, 0.4) is 0 Å². The van der Waals surface area contributed by atoms with Gasteiger partial charge in [-0.2, -0.15) is 0 Å². The zero-order valence-electron chi connectivity index (χ0n) is 14.4. The third-order valence-electron chi connectivity index (χ3n) is 5.44. The van der Waals surface area contributed by atoms with Gasteiger partial charge in [-0.3, -0.25) is 0 Å². The number of hydrogen-bond acceptors (Lipinski definition) is 2. The molecule has 0 spiro atoms. The lowest BCUT2D eigenvalue weighted by Gasteiger charge is -2.43. The number of rotatable bonds is 3. The molecule has 1 N–H and O–H groups in total. The SMILES string of the molecule is COc1cc(C)c(C(C)(C)C2CCC(C)CC2O)cc1C. The van der Waals surface area contributed by atoms with E-state index in [0.29, 0.717) is 11.8 Å². The van der Waals surface area contributed by atoms with Crippen molar-refractivity contribution in [3.63, 3.8) is 0 Å². The summed E-state index contributed by atoms with van der Waals surface area (Å²) in [6.45, 7) is 11.1. The van der Waals surface area contributed by atoms with E-state index in [1.54, 1.807) is 7.11 Å². The van der Waals surface area contributed by atoms with Gasteiger partial charge in [-0.05, 0) is 66.7 Å². The summed E-state index contributed by atoms with van der Waals surface area (Å²) in [5.74, 6) is 1.93. The van der Waals surface area contributed by atoms with E-state index in [4.69, 9.17) is 4.74 Å². The van der Waals surface area contributed by atoms with Gasteiger partial charge in [0, 0.05) is 0 Å². The lowest BCUT2D eigenvalue weighted by Crippen LogP contribution is -2.41. The molecule has 2 heteroatoms. The number of methoxy groups -OCH3 is 1. The minimum absolute atomic E-state index is 0.0132. The Morgan fingerprint density at radius 3 is 2.38 bits per heavy atom. The van der Waals surface area contributed by atoms with Gasteiger partial charge in [0.2, 0.25) is 0 Å².